The fourth-order valence-electron chi connectivity index (χ4n) is 2.61. The number of anilines is 2. The SMILES string of the molecule is CCNc1nc(N2CCC(C)(C)CC2)c2[nH]cnc2n1. The predicted octanol–water partition coefficient (Wildman–Crippen LogP) is 2.41. The molecule has 2 aromatic heterocycles. The molecule has 0 radical (unpaired) electrons. The van der Waals surface area contributed by atoms with Crippen molar-refractivity contribution in [3.8, 4) is 0 Å². The van der Waals surface area contributed by atoms with Crippen LogP contribution in [0.3, 0.4) is 0 Å². The molecule has 6 heteroatoms. The van der Waals surface area contributed by atoms with Gasteiger partial charge >= 0.3 is 0 Å². The zero-order valence-electron chi connectivity index (χ0n) is 12.4. The van der Waals surface area contributed by atoms with E-state index in [1.165, 1.54) is 12.8 Å². The van der Waals surface area contributed by atoms with Gasteiger partial charge < -0.3 is 15.2 Å². The number of imidazole rings is 1. The van der Waals surface area contributed by atoms with Gasteiger partial charge in [0.1, 0.15) is 5.52 Å². The Balaban J connectivity index is 1.95. The Kier molecular flexibility index (Phi) is 3.23. The molecule has 0 bridgehead atoms. The van der Waals surface area contributed by atoms with Gasteiger partial charge in [-0.2, -0.15) is 9.97 Å². The summed E-state index contributed by atoms with van der Waals surface area (Å²) in [4.78, 5) is 18.9. The van der Waals surface area contributed by atoms with Gasteiger partial charge in [0.2, 0.25) is 5.95 Å². The third-order valence-corrected chi connectivity index (χ3v) is 4.02. The van der Waals surface area contributed by atoms with Crippen molar-refractivity contribution < 1.29 is 0 Å². The van der Waals surface area contributed by atoms with Crippen LogP contribution in [0.2, 0.25) is 0 Å². The molecule has 3 heterocycles. The molecule has 0 unspecified atom stereocenters. The van der Waals surface area contributed by atoms with Crippen LogP contribution in [0.1, 0.15) is 33.6 Å². The third kappa shape index (κ3) is 2.42. The molecule has 1 aliphatic rings. The van der Waals surface area contributed by atoms with Crippen molar-refractivity contribution in [2.24, 2.45) is 5.41 Å². The maximum Gasteiger partial charge on any atom is 0.226 e. The van der Waals surface area contributed by atoms with E-state index in [1.54, 1.807) is 6.33 Å². The van der Waals surface area contributed by atoms with E-state index in [-0.39, 0.29) is 0 Å². The minimum Gasteiger partial charge on any atom is -0.355 e. The summed E-state index contributed by atoms with van der Waals surface area (Å²) in [7, 11) is 0. The van der Waals surface area contributed by atoms with Crippen molar-refractivity contribution in [3.63, 3.8) is 0 Å². The normalized spacial score (nSPS) is 18.4. The van der Waals surface area contributed by atoms with Gasteiger partial charge in [-0.1, -0.05) is 13.8 Å². The summed E-state index contributed by atoms with van der Waals surface area (Å²) in [5.41, 5.74) is 2.10. The molecule has 20 heavy (non-hydrogen) atoms. The molecule has 0 aliphatic carbocycles. The van der Waals surface area contributed by atoms with Crippen LogP contribution < -0.4 is 10.2 Å². The van der Waals surface area contributed by atoms with Crippen LogP contribution in [-0.4, -0.2) is 39.6 Å². The second-order valence-corrected chi connectivity index (χ2v) is 6.15. The van der Waals surface area contributed by atoms with Crippen molar-refractivity contribution in [1.82, 2.24) is 19.9 Å². The minimum atomic E-state index is 0.432. The summed E-state index contributed by atoms with van der Waals surface area (Å²) in [6.45, 7) is 9.58. The molecule has 108 valence electrons. The first-order valence-corrected chi connectivity index (χ1v) is 7.29. The molecule has 0 spiro atoms. The molecule has 3 rings (SSSR count). The second kappa shape index (κ2) is 4.92. The van der Waals surface area contributed by atoms with Crippen molar-refractivity contribution in [1.29, 1.82) is 0 Å². The molecule has 2 N–H and O–H groups in total. The monoisotopic (exact) mass is 274 g/mol. The first kappa shape index (κ1) is 13.1. The van der Waals surface area contributed by atoms with Crippen molar-refractivity contribution in [2.75, 3.05) is 29.9 Å². The molecule has 0 atom stereocenters. The van der Waals surface area contributed by atoms with Crippen molar-refractivity contribution >= 4 is 22.9 Å². The maximum absolute atomic E-state index is 4.67. The summed E-state index contributed by atoms with van der Waals surface area (Å²) in [6.07, 6.45) is 4.05. The number of hydrogen-bond acceptors (Lipinski definition) is 5. The first-order valence-electron chi connectivity index (χ1n) is 7.29. The molecular weight excluding hydrogens is 252 g/mol. The van der Waals surface area contributed by atoms with E-state index in [9.17, 15) is 0 Å². The van der Waals surface area contributed by atoms with E-state index in [1.807, 2.05) is 6.92 Å². The zero-order chi connectivity index (χ0) is 14.2. The summed E-state index contributed by atoms with van der Waals surface area (Å²) >= 11 is 0. The Labute approximate surface area is 119 Å². The van der Waals surface area contributed by atoms with Gasteiger partial charge in [0.05, 0.1) is 6.33 Å². The highest BCUT2D eigenvalue weighted by Crippen LogP contribution is 2.33. The fraction of sp³-hybridized carbons (Fsp3) is 0.643. The third-order valence-electron chi connectivity index (χ3n) is 4.02. The molecule has 6 nitrogen and oxygen atoms in total. The van der Waals surface area contributed by atoms with E-state index in [4.69, 9.17) is 0 Å². The smallest absolute Gasteiger partial charge is 0.226 e. The van der Waals surface area contributed by atoms with Crippen LogP contribution in [0.15, 0.2) is 6.33 Å². The number of aromatic amines is 1. The highest BCUT2D eigenvalue weighted by atomic mass is 15.3. The minimum absolute atomic E-state index is 0.432. The Bertz CT molecular complexity index is 593. The first-order chi connectivity index (χ1) is 9.59. The van der Waals surface area contributed by atoms with E-state index in [2.05, 4.69) is 44.0 Å². The summed E-state index contributed by atoms with van der Waals surface area (Å²) in [5.74, 6) is 1.63. The van der Waals surface area contributed by atoms with Gasteiger partial charge in [-0.15, -0.1) is 0 Å². The lowest BCUT2D eigenvalue weighted by atomic mass is 9.83. The average molecular weight is 274 g/mol. The number of nitrogens with zero attached hydrogens (tertiary/aromatic N) is 4. The van der Waals surface area contributed by atoms with Gasteiger partial charge in [-0.3, -0.25) is 0 Å². The standard InChI is InChI=1S/C14H22N6/c1-4-15-13-18-11-10(16-9-17-11)12(19-13)20-7-5-14(2,3)6-8-20/h9H,4-8H2,1-3H3,(H2,15,16,17,18,19). The van der Waals surface area contributed by atoms with E-state index >= 15 is 0 Å². The van der Waals surface area contributed by atoms with Crippen LogP contribution in [-0.2, 0) is 0 Å². The highest BCUT2D eigenvalue weighted by Gasteiger charge is 2.27. The van der Waals surface area contributed by atoms with Gasteiger partial charge in [-0.25, -0.2) is 4.98 Å². The lowest BCUT2D eigenvalue weighted by molar-refractivity contribution is 0.279. The van der Waals surface area contributed by atoms with Crippen LogP contribution in [0.25, 0.3) is 11.2 Å². The molecule has 1 saturated heterocycles. The summed E-state index contributed by atoms with van der Waals surface area (Å²) in [5, 5.41) is 3.18. The quantitative estimate of drug-likeness (QED) is 0.899. The highest BCUT2D eigenvalue weighted by molar-refractivity contribution is 5.84. The molecule has 0 aromatic carbocycles. The van der Waals surface area contributed by atoms with Gasteiger partial charge in [0.25, 0.3) is 0 Å². The molecule has 2 aromatic rings. The molecule has 1 aliphatic heterocycles. The second-order valence-electron chi connectivity index (χ2n) is 6.15. The van der Waals surface area contributed by atoms with E-state index < -0.39 is 0 Å². The van der Waals surface area contributed by atoms with Crippen LogP contribution >= 0.6 is 0 Å². The molecule has 1 fully saturated rings. The Hall–Kier alpha value is -1.85. The van der Waals surface area contributed by atoms with Gasteiger partial charge in [0.15, 0.2) is 11.5 Å². The van der Waals surface area contributed by atoms with Crippen LogP contribution in [0, 0.1) is 5.41 Å². The number of piperidine rings is 1. The van der Waals surface area contributed by atoms with E-state index in [0.717, 1.165) is 36.6 Å². The predicted molar refractivity (Wildman–Crippen MR) is 81.1 cm³/mol. The Morgan fingerprint density at radius 1 is 1.30 bits per heavy atom. The average Bonchev–Trinajstić information content (AvgIpc) is 2.86. The number of hydrogen-bond donors (Lipinski definition) is 2. The number of nitrogens with one attached hydrogen (secondary N) is 2. The van der Waals surface area contributed by atoms with E-state index in [0.29, 0.717) is 11.4 Å². The van der Waals surface area contributed by atoms with Gasteiger partial charge in [0, 0.05) is 19.6 Å². The maximum atomic E-state index is 4.67. The summed E-state index contributed by atoms with van der Waals surface area (Å²) in [6, 6.07) is 0. The van der Waals surface area contributed by atoms with Gasteiger partial charge in [-0.05, 0) is 25.2 Å². The largest absolute Gasteiger partial charge is 0.355 e. The number of fused-ring (bicyclic) bond motifs is 1. The zero-order valence-corrected chi connectivity index (χ0v) is 12.4. The number of aromatic nitrogens is 4. The fourth-order valence-corrected chi connectivity index (χ4v) is 2.61. The lowest BCUT2D eigenvalue weighted by Crippen LogP contribution is -2.38. The molecule has 0 saturated carbocycles. The summed E-state index contributed by atoms with van der Waals surface area (Å²) < 4.78 is 0. The molecule has 0 amide bonds. The Morgan fingerprint density at radius 2 is 2.05 bits per heavy atom. The van der Waals surface area contributed by atoms with Crippen LogP contribution in [0.5, 0.6) is 0 Å². The number of rotatable bonds is 3. The lowest BCUT2D eigenvalue weighted by Gasteiger charge is -2.37. The van der Waals surface area contributed by atoms with Crippen LogP contribution in [0.4, 0.5) is 11.8 Å². The topological polar surface area (TPSA) is 69.7 Å². The van der Waals surface area contributed by atoms with Crippen molar-refractivity contribution in [3.05, 3.63) is 6.33 Å². The number of H-pyrrole nitrogens is 1. The van der Waals surface area contributed by atoms with Crippen molar-refractivity contribution in [2.45, 2.75) is 33.6 Å². The molecular formula is C14H22N6. The Morgan fingerprint density at radius 3 is 2.75 bits per heavy atom.